The number of para-hydroxylation sites is 1. The fourth-order valence-electron chi connectivity index (χ4n) is 4.95. The largest absolute Gasteiger partial charge is 0.388 e. The van der Waals surface area contributed by atoms with Gasteiger partial charge in [-0.25, -0.2) is 9.97 Å². The monoisotopic (exact) mass is 511 g/mol. The van der Waals surface area contributed by atoms with E-state index in [9.17, 15) is 4.79 Å². The van der Waals surface area contributed by atoms with Gasteiger partial charge in [0.1, 0.15) is 0 Å². The summed E-state index contributed by atoms with van der Waals surface area (Å²) in [4.78, 5) is 24.9. The van der Waals surface area contributed by atoms with Gasteiger partial charge in [0.15, 0.2) is 0 Å². The predicted octanol–water partition coefficient (Wildman–Crippen LogP) is 5.62. The number of nitrogens with zero attached hydrogens (tertiary/aromatic N) is 3. The Bertz CT molecular complexity index is 1290. The van der Waals surface area contributed by atoms with Gasteiger partial charge in [0.05, 0.1) is 5.69 Å². The van der Waals surface area contributed by atoms with Crippen LogP contribution in [-0.4, -0.2) is 46.1 Å². The molecule has 8 heteroatoms. The third kappa shape index (κ3) is 6.44. The highest BCUT2D eigenvalue weighted by atomic mass is 16.1. The number of hydrogen-bond donors (Lipinski definition) is 4. The van der Waals surface area contributed by atoms with E-state index in [-0.39, 0.29) is 11.9 Å². The second-order valence-corrected chi connectivity index (χ2v) is 9.79. The van der Waals surface area contributed by atoms with Crippen molar-refractivity contribution < 1.29 is 4.79 Å². The highest BCUT2D eigenvalue weighted by molar-refractivity contribution is 6.10. The molecule has 3 aromatic rings. The molecule has 1 amide bonds. The number of aromatic nitrogens is 2. The van der Waals surface area contributed by atoms with Crippen LogP contribution in [0, 0.1) is 5.41 Å². The molecule has 0 unspecified atom stereocenters. The minimum Gasteiger partial charge on any atom is -0.388 e. The summed E-state index contributed by atoms with van der Waals surface area (Å²) in [6, 6.07) is 15.7. The molecule has 0 aliphatic carbocycles. The zero-order valence-corrected chi connectivity index (χ0v) is 22.4. The average molecular weight is 512 g/mol. The topological polar surface area (TPSA) is 106 Å². The minimum atomic E-state index is -0.123. The first-order chi connectivity index (χ1) is 18.4. The summed E-state index contributed by atoms with van der Waals surface area (Å²) in [5.74, 6) is 0.487. The number of amides is 1. The molecule has 2 atom stereocenters. The van der Waals surface area contributed by atoms with Gasteiger partial charge in [0.25, 0.3) is 5.91 Å². The van der Waals surface area contributed by atoms with Crippen LogP contribution in [0.1, 0.15) is 60.3 Å². The lowest BCUT2D eigenvalue weighted by molar-refractivity contribution is 0.0923. The minimum absolute atomic E-state index is 0.0116. The van der Waals surface area contributed by atoms with Gasteiger partial charge in [0, 0.05) is 72.7 Å². The molecule has 0 saturated heterocycles. The van der Waals surface area contributed by atoms with Crippen LogP contribution in [0.25, 0.3) is 5.57 Å². The maximum absolute atomic E-state index is 13.1. The van der Waals surface area contributed by atoms with Gasteiger partial charge in [-0.1, -0.05) is 38.1 Å². The second kappa shape index (κ2) is 12.5. The summed E-state index contributed by atoms with van der Waals surface area (Å²) >= 11 is 0. The van der Waals surface area contributed by atoms with E-state index in [1.165, 1.54) is 6.21 Å². The number of nitrogens with one attached hydrogen (secondary N) is 4. The van der Waals surface area contributed by atoms with E-state index in [0.717, 1.165) is 60.5 Å². The lowest BCUT2D eigenvalue weighted by Gasteiger charge is -2.30. The number of carbonyl (C=O) groups excluding carboxylic acids is 1. The fraction of sp³-hybridized carbons (Fsp3) is 0.333. The van der Waals surface area contributed by atoms with Gasteiger partial charge < -0.3 is 21.4 Å². The first-order valence-corrected chi connectivity index (χ1v) is 13.1. The third-order valence-electron chi connectivity index (χ3n) is 6.92. The summed E-state index contributed by atoms with van der Waals surface area (Å²) in [6.45, 7) is 9.77. The first-order valence-electron chi connectivity index (χ1n) is 13.1. The van der Waals surface area contributed by atoms with Gasteiger partial charge in [0.2, 0.25) is 5.95 Å². The smallest absolute Gasteiger partial charge is 0.251 e. The quantitative estimate of drug-likeness (QED) is 0.235. The van der Waals surface area contributed by atoms with Crippen molar-refractivity contribution in [3.05, 3.63) is 83.7 Å². The van der Waals surface area contributed by atoms with E-state index in [1.807, 2.05) is 49.6 Å². The van der Waals surface area contributed by atoms with Crippen molar-refractivity contribution in [2.24, 2.45) is 0 Å². The molecule has 4 N–H and O–H groups in total. The average Bonchev–Trinajstić information content (AvgIpc) is 3.36. The maximum atomic E-state index is 13.1. The molecule has 38 heavy (non-hydrogen) atoms. The van der Waals surface area contributed by atoms with E-state index < -0.39 is 0 Å². The van der Waals surface area contributed by atoms with Crippen LogP contribution >= 0.6 is 0 Å². The van der Waals surface area contributed by atoms with Crippen LogP contribution in [0.15, 0.2) is 61.3 Å². The van der Waals surface area contributed by atoms with Crippen molar-refractivity contribution >= 4 is 35.0 Å². The Kier molecular flexibility index (Phi) is 8.86. The first kappa shape index (κ1) is 27.0. The number of hydrogen-bond acceptors (Lipinski definition) is 7. The molecule has 0 fully saturated rings. The molecule has 198 valence electrons. The summed E-state index contributed by atoms with van der Waals surface area (Å²) in [5.41, 5.74) is 5.88. The number of benzene rings is 2. The van der Waals surface area contributed by atoms with Crippen molar-refractivity contribution in [2.75, 3.05) is 17.7 Å². The standard InChI is InChI=1S/C30H37N7O/c1-5-9-25(14-21(3)34-29(38)22-12-13-27(32-4)26(15-22)20(2)16-31)37-18-23-17-33-30(36-28(23)19-37)35-24-10-7-6-8-11-24/h6-8,10-13,15-17,21,25,31-32H,2,5,9,14,18-19H2,1,3-4H3,(H,34,38)(H,33,35,36)/t21-,25-/m1/s1. The molecule has 0 bridgehead atoms. The molecule has 0 radical (unpaired) electrons. The molecule has 1 aliphatic rings. The maximum Gasteiger partial charge on any atom is 0.251 e. The summed E-state index contributed by atoms with van der Waals surface area (Å²) in [7, 11) is 1.81. The van der Waals surface area contributed by atoms with Crippen LogP contribution in [-0.2, 0) is 13.1 Å². The van der Waals surface area contributed by atoms with Crippen LogP contribution < -0.4 is 16.0 Å². The highest BCUT2D eigenvalue weighted by Gasteiger charge is 2.28. The normalized spacial score (nSPS) is 14.3. The third-order valence-corrected chi connectivity index (χ3v) is 6.92. The molecule has 0 spiro atoms. The van der Waals surface area contributed by atoms with Gasteiger partial charge in [-0.15, -0.1) is 0 Å². The van der Waals surface area contributed by atoms with Crippen LogP contribution in [0.4, 0.5) is 17.3 Å². The lowest BCUT2D eigenvalue weighted by Crippen LogP contribution is -2.40. The van der Waals surface area contributed by atoms with Crippen molar-refractivity contribution in [1.82, 2.24) is 20.2 Å². The number of allylic oxidation sites excluding steroid dienone is 1. The Morgan fingerprint density at radius 3 is 2.71 bits per heavy atom. The SMILES string of the molecule is C=C(C=N)c1cc(C(=O)N[C@H](C)C[C@@H](CCC)N2Cc3cnc(Nc4ccccc4)nc3C2)ccc1NC. The second-order valence-electron chi connectivity index (χ2n) is 9.79. The summed E-state index contributed by atoms with van der Waals surface area (Å²) in [5, 5.41) is 17.1. The molecule has 2 aromatic carbocycles. The Hall–Kier alpha value is -4.04. The van der Waals surface area contributed by atoms with E-state index in [0.29, 0.717) is 23.1 Å². The Morgan fingerprint density at radius 2 is 2.00 bits per heavy atom. The number of carbonyl (C=O) groups is 1. The molecular weight excluding hydrogens is 474 g/mol. The zero-order valence-electron chi connectivity index (χ0n) is 22.4. The highest BCUT2D eigenvalue weighted by Crippen LogP contribution is 2.28. The van der Waals surface area contributed by atoms with Crippen molar-refractivity contribution in [3.8, 4) is 0 Å². The van der Waals surface area contributed by atoms with Gasteiger partial charge in [-0.05, 0) is 55.7 Å². The zero-order chi connectivity index (χ0) is 27.1. The number of rotatable bonds is 12. The van der Waals surface area contributed by atoms with Crippen LogP contribution in [0.3, 0.4) is 0 Å². The van der Waals surface area contributed by atoms with Gasteiger partial charge in [-0.3, -0.25) is 9.69 Å². The van der Waals surface area contributed by atoms with Crippen LogP contribution in [0.5, 0.6) is 0 Å². The Morgan fingerprint density at radius 1 is 1.21 bits per heavy atom. The van der Waals surface area contributed by atoms with Crippen molar-refractivity contribution in [2.45, 2.75) is 58.3 Å². The molecule has 0 saturated carbocycles. The van der Waals surface area contributed by atoms with Crippen LogP contribution in [0.2, 0.25) is 0 Å². The van der Waals surface area contributed by atoms with Gasteiger partial charge in [-0.2, -0.15) is 0 Å². The predicted molar refractivity (Wildman–Crippen MR) is 155 cm³/mol. The molecule has 4 rings (SSSR count). The summed E-state index contributed by atoms with van der Waals surface area (Å²) in [6.07, 6.45) is 6.07. The fourth-order valence-corrected chi connectivity index (χ4v) is 4.95. The molecule has 2 heterocycles. The molecule has 1 aliphatic heterocycles. The van der Waals surface area contributed by atoms with E-state index in [4.69, 9.17) is 10.4 Å². The van der Waals surface area contributed by atoms with Gasteiger partial charge >= 0.3 is 0 Å². The van der Waals surface area contributed by atoms with Crippen molar-refractivity contribution in [1.29, 1.82) is 5.41 Å². The molecular formula is C30H37N7O. The lowest BCUT2D eigenvalue weighted by atomic mass is 10.0. The number of anilines is 3. The van der Waals surface area contributed by atoms with Crippen molar-refractivity contribution in [3.63, 3.8) is 0 Å². The molecule has 8 nitrogen and oxygen atoms in total. The van der Waals surface area contributed by atoms with E-state index >= 15 is 0 Å². The molecule has 1 aromatic heterocycles. The van der Waals surface area contributed by atoms with E-state index in [1.54, 1.807) is 12.1 Å². The Balaban J connectivity index is 1.40. The summed E-state index contributed by atoms with van der Waals surface area (Å²) < 4.78 is 0. The Labute approximate surface area is 225 Å². The van der Waals surface area contributed by atoms with E-state index in [2.05, 4.69) is 46.3 Å². The number of fused-ring (bicyclic) bond motifs is 1.